The fourth-order valence-corrected chi connectivity index (χ4v) is 0.828. The predicted molar refractivity (Wildman–Crippen MR) is 46.4 cm³/mol. The van der Waals surface area contributed by atoms with Crippen LogP contribution in [-0.4, -0.2) is 17.0 Å². The quantitative estimate of drug-likeness (QED) is 0.625. The first-order valence-corrected chi connectivity index (χ1v) is 4.43. The summed E-state index contributed by atoms with van der Waals surface area (Å²) in [5.74, 6) is 0. The van der Waals surface area contributed by atoms with Crippen LogP contribution >= 0.6 is 0 Å². The molecule has 0 aromatic heterocycles. The van der Waals surface area contributed by atoms with E-state index in [0.717, 1.165) is 12.8 Å². The molecule has 0 heterocycles. The van der Waals surface area contributed by atoms with Crippen LogP contribution in [0.2, 0.25) is 0 Å². The van der Waals surface area contributed by atoms with Crippen LogP contribution < -0.4 is 0 Å². The van der Waals surface area contributed by atoms with E-state index in [1.807, 2.05) is 13.8 Å². The van der Waals surface area contributed by atoms with Crippen LogP contribution in [0.5, 0.6) is 0 Å². The summed E-state index contributed by atoms with van der Waals surface area (Å²) in [5.41, 5.74) is -0.143. The van der Waals surface area contributed by atoms with Crippen molar-refractivity contribution in [3.8, 4) is 0 Å². The lowest BCUT2D eigenvalue weighted by atomic mass is 10.0. The molecule has 1 N–H and O–H groups in total. The van der Waals surface area contributed by atoms with E-state index in [1.165, 1.54) is 0 Å². The topological polar surface area (TPSA) is 29.5 Å². The molecule has 0 aliphatic rings. The molecule has 0 amide bonds. The largest absolute Gasteiger partial charge is 0.368 e. The second-order valence-electron chi connectivity index (χ2n) is 3.14. The Hall–Kier alpha value is -0.0800. The van der Waals surface area contributed by atoms with Gasteiger partial charge in [0.1, 0.15) is 0 Å². The van der Waals surface area contributed by atoms with Crippen molar-refractivity contribution in [2.75, 3.05) is 0 Å². The molecule has 0 aromatic carbocycles. The first kappa shape index (κ1) is 10.9. The second-order valence-corrected chi connectivity index (χ2v) is 3.14. The van der Waals surface area contributed by atoms with Crippen molar-refractivity contribution in [2.24, 2.45) is 0 Å². The van der Waals surface area contributed by atoms with Crippen LogP contribution in [0.15, 0.2) is 0 Å². The highest BCUT2D eigenvalue weighted by Crippen LogP contribution is 2.21. The number of ether oxygens (including phenoxy) is 1. The van der Waals surface area contributed by atoms with E-state index in [0.29, 0.717) is 6.42 Å². The summed E-state index contributed by atoms with van der Waals surface area (Å²) >= 11 is 0. The molecule has 0 spiro atoms. The molecule has 1 unspecified atom stereocenters. The molecule has 0 saturated carbocycles. The maximum atomic E-state index is 9.23. The third kappa shape index (κ3) is 3.73. The standard InChI is InChI=1S/C9H20O2/c1-5-8(10)11-9(4,6-2)7-3/h8,10H,5-7H2,1-4H3. The average Bonchev–Trinajstić information content (AvgIpc) is 2.04. The summed E-state index contributed by atoms with van der Waals surface area (Å²) in [6.07, 6.45) is 1.95. The lowest BCUT2D eigenvalue weighted by Gasteiger charge is -2.29. The van der Waals surface area contributed by atoms with Gasteiger partial charge in [-0.15, -0.1) is 0 Å². The van der Waals surface area contributed by atoms with Crippen LogP contribution in [0.25, 0.3) is 0 Å². The molecule has 0 aromatic rings. The Bertz CT molecular complexity index is 97.7. The van der Waals surface area contributed by atoms with Gasteiger partial charge in [-0.3, -0.25) is 0 Å². The monoisotopic (exact) mass is 160 g/mol. The Labute approximate surface area is 69.6 Å². The Balaban J connectivity index is 3.86. The Kier molecular flexibility index (Phi) is 4.69. The SMILES string of the molecule is CCC(O)OC(C)(CC)CC. The number of hydrogen-bond donors (Lipinski definition) is 1. The fraction of sp³-hybridized carbons (Fsp3) is 1.00. The van der Waals surface area contributed by atoms with E-state index in [4.69, 9.17) is 4.74 Å². The smallest absolute Gasteiger partial charge is 0.155 e. The minimum absolute atomic E-state index is 0.143. The number of aliphatic hydroxyl groups excluding tert-OH is 1. The molecule has 68 valence electrons. The van der Waals surface area contributed by atoms with Gasteiger partial charge in [-0.2, -0.15) is 0 Å². The van der Waals surface area contributed by atoms with Crippen LogP contribution in [-0.2, 0) is 4.74 Å². The zero-order valence-corrected chi connectivity index (χ0v) is 8.05. The normalized spacial score (nSPS) is 15.0. The summed E-state index contributed by atoms with van der Waals surface area (Å²) in [6.45, 7) is 8.10. The van der Waals surface area contributed by atoms with Gasteiger partial charge in [-0.05, 0) is 26.2 Å². The highest BCUT2D eigenvalue weighted by molar-refractivity contribution is 4.70. The summed E-state index contributed by atoms with van der Waals surface area (Å²) in [7, 11) is 0. The Morgan fingerprint density at radius 1 is 1.27 bits per heavy atom. The Morgan fingerprint density at radius 2 is 1.73 bits per heavy atom. The van der Waals surface area contributed by atoms with Crippen molar-refractivity contribution in [2.45, 2.75) is 58.8 Å². The number of rotatable bonds is 5. The molecule has 1 atom stereocenters. The van der Waals surface area contributed by atoms with E-state index in [1.54, 1.807) is 0 Å². The number of hydrogen-bond acceptors (Lipinski definition) is 2. The molecule has 2 heteroatoms. The van der Waals surface area contributed by atoms with E-state index in [-0.39, 0.29) is 5.60 Å². The zero-order valence-electron chi connectivity index (χ0n) is 8.05. The van der Waals surface area contributed by atoms with E-state index >= 15 is 0 Å². The molecule has 0 bridgehead atoms. The molecule has 0 aliphatic carbocycles. The average molecular weight is 160 g/mol. The van der Waals surface area contributed by atoms with E-state index in [9.17, 15) is 5.11 Å². The second kappa shape index (κ2) is 4.73. The lowest BCUT2D eigenvalue weighted by molar-refractivity contribution is -0.182. The van der Waals surface area contributed by atoms with Gasteiger partial charge in [0.05, 0.1) is 5.60 Å². The fourth-order valence-electron chi connectivity index (χ4n) is 0.828. The van der Waals surface area contributed by atoms with Gasteiger partial charge in [0.25, 0.3) is 0 Å². The van der Waals surface area contributed by atoms with E-state index in [2.05, 4.69) is 13.8 Å². The van der Waals surface area contributed by atoms with Crippen molar-refractivity contribution in [1.29, 1.82) is 0 Å². The molecule has 11 heavy (non-hydrogen) atoms. The predicted octanol–water partition coefficient (Wildman–Crippen LogP) is 2.31. The van der Waals surface area contributed by atoms with Crippen molar-refractivity contribution in [3.05, 3.63) is 0 Å². The highest BCUT2D eigenvalue weighted by Gasteiger charge is 2.22. The van der Waals surface area contributed by atoms with Crippen LogP contribution in [0.3, 0.4) is 0 Å². The van der Waals surface area contributed by atoms with Gasteiger partial charge in [0, 0.05) is 0 Å². The molecule has 0 rings (SSSR count). The first-order chi connectivity index (χ1) is 5.08. The van der Waals surface area contributed by atoms with Gasteiger partial charge < -0.3 is 9.84 Å². The summed E-state index contributed by atoms with van der Waals surface area (Å²) < 4.78 is 5.44. The molecule has 0 saturated heterocycles. The zero-order chi connectivity index (χ0) is 8.91. The molecule has 0 aliphatic heterocycles. The molecule has 2 nitrogen and oxygen atoms in total. The number of aliphatic hydroxyl groups is 1. The summed E-state index contributed by atoms with van der Waals surface area (Å²) in [6, 6.07) is 0. The van der Waals surface area contributed by atoms with Crippen molar-refractivity contribution in [3.63, 3.8) is 0 Å². The maximum Gasteiger partial charge on any atom is 0.155 e. The molecule has 0 radical (unpaired) electrons. The first-order valence-electron chi connectivity index (χ1n) is 4.43. The van der Waals surface area contributed by atoms with Gasteiger partial charge in [0.2, 0.25) is 0 Å². The minimum atomic E-state index is -0.597. The minimum Gasteiger partial charge on any atom is -0.368 e. The summed E-state index contributed by atoms with van der Waals surface area (Å²) in [4.78, 5) is 0. The van der Waals surface area contributed by atoms with Gasteiger partial charge in [-0.1, -0.05) is 20.8 Å². The molecular weight excluding hydrogens is 140 g/mol. The van der Waals surface area contributed by atoms with Gasteiger partial charge in [0.15, 0.2) is 6.29 Å². The van der Waals surface area contributed by atoms with Gasteiger partial charge >= 0.3 is 0 Å². The molecule has 0 fully saturated rings. The van der Waals surface area contributed by atoms with Crippen LogP contribution in [0.4, 0.5) is 0 Å². The summed E-state index contributed by atoms with van der Waals surface area (Å²) in [5, 5.41) is 9.23. The third-order valence-electron chi connectivity index (χ3n) is 2.27. The van der Waals surface area contributed by atoms with Crippen molar-refractivity contribution in [1.82, 2.24) is 0 Å². The van der Waals surface area contributed by atoms with Crippen LogP contribution in [0, 0.1) is 0 Å². The van der Waals surface area contributed by atoms with Crippen molar-refractivity contribution >= 4 is 0 Å². The molecular formula is C9H20O2. The third-order valence-corrected chi connectivity index (χ3v) is 2.27. The van der Waals surface area contributed by atoms with E-state index < -0.39 is 6.29 Å². The van der Waals surface area contributed by atoms with Gasteiger partial charge in [-0.25, -0.2) is 0 Å². The van der Waals surface area contributed by atoms with Crippen LogP contribution in [0.1, 0.15) is 47.0 Å². The maximum absolute atomic E-state index is 9.23. The Morgan fingerprint density at radius 3 is 2.00 bits per heavy atom. The van der Waals surface area contributed by atoms with Crippen molar-refractivity contribution < 1.29 is 9.84 Å². The highest BCUT2D eigenvalue weighted by atomic mass is 16.6. The lowest BCUT2D eigenvalue weighted by Crippen LogP contribution is -2.32.